The molecule has 0 aliphatic rings. The Morgan fingerprint density at radius 2 is 1.97 bits per heavy atom. The van der Waals surface area contributed by atoms with Crippen molar-refractivity contribution in [3.8, 4) is 23.2 Å². The third-order valence-corrected chi connectivity index (χ3v) is 5.61. The quantitative estimate of drug-likeness (QED) is 0.230. The smallest absolute Gasteiger partial charge is 0.334 e. The number of nitrogens with zero attached hydrogens (tertiary/aromatic N) is 6. The summed E-state index contributed by atoms with van der Waals surface area (Å²) in [6.07, 6.45) is -0.634. The lowest BCUT2D eigenvalue weighted by molar-refractivity contribution is -0.136. The van der Waals surface area contributed by atoms with Gasteiger partial charge in [-0.15, -0.1) is 0 Å². The predicted octanol–water partition coefficient (Wildman–Crippen LogP) is 5.75. The van der Waals surface area contributed by atoms with E-state index < -0.39 is 39.9 Å². The van der Waals surface area contributed by atoms with Gasteiger partial charge in [-0.1, -0.05) is 22.8 Å². The van der Waals surface area contributed by atoms with Gasteiger partial charge in [-0.05, 0) is 24.3 Å². The van der Waals surface area contributed by atoms with Crippen molar-refractivity contribution in [1.82, 2.24) is 24.3 Å². The number of halogens is 6. The highest BCUT2D eigenvalue weighted by molar-refractivity contribution is 6.32. The molecule has 3 heterocycles. The van der Waals surface area contributed by atoms with Gasteiger partial charge in [0.1, 0.15) is 28.3 Å². The lowest BCUT2D eigenvalue weighted by Gasteiger charge is -2.09. The fraction of sp³-hybridized carbons (Fsp3) is 0.0909. The Hall–Kier alpha value is -4.24. The van der Waals surface area contributed by atoms with Gasteiger partial charge >= 0.3 is 6.18 Å². The lowest BCUT2D eigenvalue weighted by Crippen LogP contribution is -2.06. The highest BCUT2D eigenvalue weighted by Gasteiger charge is 2.33. The van der Waals surface area contributed by atoms with E-state index in [1.165, 1.54) is 40.0 Å². The standard InChI is InChI=1S/C22H10ClF5N6O/c23-18-19(25)13(7-15(24)20(18)33-5-4-30-10-33)21-31-17(32-35-21)9-34-11(8-29)6-12-14(22(26,27)28)2-1-3-16(12)34/h1-7,10H,9H2. The summed E-state index contributed by atoms with van der Waals surface area (Å²) in [5, 5.41) is 12.4. The van der Waals surface area contributed by atoms with Gasteiger partial charge in [-0.3, -0.25) is 0 Å². The zero-order valence-corrected chi connectivity index (χ0v) is 17.9. The molecule has 5 aromatic rings. The molecule has 2 aromatic carbocycles. The summed E-state index contributed by atoms with van der Waals surface area (Å²) in [7, 11) is 0. The van der Waals surface area contributed by atoms with Crippen LogP contribution in [0.4, 0.5) is 22.0 Å². The molecule has 0 aliphatic carbocycles. The Bertz CT molecular complexity index is 1610. The normalized spacial score (nSPS) is 11.8. The van der Waals surface area contributed by atoms with Gasteiger partial charge in [0.2, 0.25) is 0 Å². The average molecular weight is 505 g/mol. The van der Waals surface area contributed by atoms with Crippen LogP contribution in [0.2, 0.25) is 5.02 Å². The van der Waals surface area contributed by atoms with Gasteiger partial charge in [0, 0.05) is 17.8 Å². The Kier molecular flexibility index (Phi) is 5.29. The van der Waals surface area contributed by atoms with E-state index in [0.717, 1.165) is 18.2 Å². The van der Waals surface area contributed by atoms with Gasteiger partial charge in [0.25, 0.3) is 5.89 Å². The molecule has 5 rings (SSSR count). The number of hydrogen-bond donors (Lipinski definition) is 0. The first-order valence-corrected chi connectivity index (χ1v) is 10.1. The monoisotopic (exact) mass is 504 g/mol. The summed E-state index contributed by atoms with van der Waals surface area (Å²) in [5.74, 6) is -2.39. The van der Waals surface area contributed by atoms with Crippen LogP contribution >= 0.6 is 11.6 Å². The van der Waals surface area contributed by atoms with E-state index in [2.05, 4.69) is 15.1 Å². The van der Waals surface area contributed by atoms with E-state index in [4.69, 9.17) is 16.1 Å². The number of aromatic nitrogens is 5. The van der Waals surface area contributed by atoms with E-state index in [1.54, 1.807) is 0 Å². The Morgan fingerprint density at radius 3 is 2.66 bits per heavy atom. The van der Waals surface area contributed by atoms with Gasteiger partial charge in [-0.25, -0.2) is 13.8 Å². The Morgan fingerprint density at radius 1 is 1.17 bits per heavy atom. The largest absolute Gasteiger partial charge is 0.417 e. The third-order valence-electron chi connectivity index (χ3n) is 5.26. The summed E-state index contributed by atoms with van der Waals surface area (Å²) in [4.78, 5) is 7.80. The van der Waals surface area contributed by atoms with Crippen molar-refractivity contribution in [3.05, 3.63) is 82.8 Å². The molecule has 7 nitrogen and oxygen atoms in total. The van der Waals surface area contributed by atoms with Crippen LogP contribution in [-0.4, -0.2) is 24.3 Å². The van der Waals surface area contributed by atoms with Crippen molar-refractivity contribution < 1.29 is 26.5 Å². The Labute approximate surface area is 197 Å². The van der Waals surface area contributed by atoms with Crippen molar-refractivity contribution in [1.29, 1.82) is 5.26 Å². The van der Waals surface area contributed by atoms with Crippen molar-refractivity contribution in [3.63, 3.8) is 0 Å². The highest BCUT2D eigenvalue weighted by Crippen LogP contribution is 2.37. The molecule has 176 valence electrons. The summed E-state index contributed by atoms with van der Waals surface area (Å²) >= 11 is 6.04. The maximum absolute atomic E-state index is 15.0. The van der Waals surface area contributed by atoms with Crippen LogP contribution in [0.3, 0.4) is 0 Å². The number of fused-ring (bicyclic) bond motifs is 1. The topological polar surface area (TPSA) is 85.5 Å². The summed E-state index contributed by atoms with van der Waals surface area (Å²) in [6, 6.07) is 7.32. The van der Waals surface area contributed by atoms with Crippen LogP contribution in [0.15, 0.2) is 53.6 Å². The fourth-order valence-electron chi connectivity index (χ4n) is 3.73. The number of imidazole rings is 1. The molecule has 0 bridgehead atoms. The molecule has 0 saturated carbocycles. The second kappa shape index (κ2) is 8.21. The maximum Gasteiger partial charge on any atom is 0.417 e. The SMILES string of the molecule is N#Cc1cc2c(C(F)(F)F)cccc2n1Cc1noc(-c2cc(F)c(-n3ccnc3)c(Cl)c2F)n1. The summed E-state index contributed by atoms with van der Waals surface area (Å²) in [5.41, 5.74) is -1.53. The van der Waals surface area contributed by atoms with Crippen LogP contribution in [-0.2, 0) is 12.7 Å². The van der Waals surface area contributed by atoms with Gasteiger partial charge in [-0.2, -0.15) is 23.4 Å². The first-order chi connectivity index (χ1) is 16.7. The lowest BCUT2D eigenvalue weighted by atomic mass is 10.1. The number of nitriles is 1. The van der Waals surface area contributed by atoms with Gasteiger partial charge in [0.05, 0.1) is 29.5 Å². The van der Waals surface area contributed by atoms with Crippen LogP contribution in [0.1, 0.15) is 17.1 Å². The van der Waals surface area contributed by atoms with Gasteiger partial charge in [0.15, 0.2) is 11.6 Å². The molecular formula is C22H10ClF5N6O. The van der Waals surface area contributed by atoms with Crippen LogP contribution in [0, 0.1) is 23.0 Å². The minimum Gasteiger partial charge on any atom is -0.334 e. The summed E-state index contributed by atoms with van der Waals surface area (Å²) < 4.78 is 77.4. The molecule has 35 heavy (non-hydrogen) atoms. The number of alkyl halides is 3. The number of benzene rings is 2. The number of rotatable bonds is 4. The first-order valence-electron chi connectivity index (χ1n) is 9.77. The van der Waals surface area contributed by atoms with E-state index in [9.17, 15) is 27.2 Å². The summed E-state index contributed by atoms with van der Waals surface area (Å²) in [6.45, 7) is -0.262. The second-order valence-electron chi connectivity index (χ2n) is 7.33. The minimum atomic E-state index is -4.62. The predicted molar refractivity (Wildman–Crippen MR) is 113 cm³/mol. The molecule has 0 fully saturated rings. The zero-order valence-electron chi connectivity index (χ0n) is 17.2. The molecule has 0 radical (unpaired) electrons. The third kappa shape index (κ3) is 3.79. The molecular weight excluding hydrogens is 495 g/mol. The molecule has 3 aromatic heterocycles. The molecule has 13 heteroatoms. The first kappa shape index (κ1) is 22.5. The van der Waals surface area contributed by atoms with Crippen LogP contribution in [0.25, 0.3) is 28.0 Å². The van der Waals surface area contributed by atoms with E-state index in [0.29, 0.717) is 0 Å². The molecule has 0 saturated heterocycles. The Balaban J connectivity index is 1.54. The zero-order chi connectivity index (χ0) is 24.9. The van der Waals surface area contributed by atoms with Crippen molar-refractivity contribution >= 4 is 22.5 Å². The molecule has 0 atom stereocenters. The van der Waals surface area contributed by atoms with Crippen LogP contribution < -0.4 is 0 Å². The highest BCUT2D eigenvalue weighted by atomic mass is 35.5. The maximum atomic E-state index is 15.0. The molecule has 0 amide bonds. The average Bonchev–Trinajstić information content (AvgIpc) is 3.56. The number of hydrogen-bond acceptors (Lipinski definition) is 5. The molecule has 0 aliphatic heterocycles. The fourth-order valence-corrected chi connectivity index (χ4v) is 4.02. The second-order valence-corrected chi connectivity index (χ2v) is 7.71. The van der Waals surface area contributed by atoms with E-state index >= 15 is 0 Å². The molecule has 0 N–H and O–H groups in total. The van der Waals surface area contributed by atoms with Gasteiger partial charge < -0.3 is 13.7 Å². The van der Waals surface area contributed by atoms with Crippen molar-refractivity contribution in [2.45, 2.75) is 12.7 Å². The molecule has 0 unspecified atom stereocenters. The molecule has 0 spiro atoms. The van der Waals surface area contributed by atoms with Crippen molar-refractivity contribution in [2.75, 3.05) is 0 Å². The van der Waals surface area contributed by atoms with Crippen LogP contribution in [0.5, 0.6) is 0 Å². The van der Waals surface area contributed by atoms with E-state index in [-0.39, 0.29) is 34.7 Å². The van der Waals surface area contributed by atoms with Crippen molar-refractivity contribution in [2.24, 2.45) is 0 Å². The minimum absolute atomic E-state index is 0.0759. The van der Waals surface area contributed by atoms with E-state index in [1.807, 2.05) is 6.07 Å².